The maximum atomic E-state index is 13.6. The van der Waals surface area contributed by atoms with Crippen LogP contribution in [0.25, 0.3) is 27.6 Å². The molecular weight excluding hydrogens is 404 g/mol. The summed E-state index contributed by atoms with van der Waals surface area (Å²) >= 11 is 0. The Morgan fingerprint density at radius 3 is 2.84 bits per heavy atom. The molecule has 0 saturated heterocycles. The van der Waals surface area contributed by atoms with Gasteiger partial charge in [0, 0.05) is 17.8 Å². The van der Waals surface area contributed by atoms with Crippen LogP contribution >= 0.6 is 0 Å². The van der Waals surface area contributed by atoms with Crippen molar-refractivity contribution in [1.29, 1.82) is 0 Å². The summed E-state index contributed by atoms with van der Waals surface area (Å²) in [5, 5.41) is 5.34. The zero-order chi connectivity index (χ0) is 21.8. The second-order valence-electron chi connectivity index (χ2n) is 7.55. The first-order chi connectivity index (χ1) is 15.6. The number of aryl methyl sites for hydroxylation is 1. The number of aromatic amines is 1. The number of nitrogens with two attached hydrogens (primary N) is 1. The van der Waals surface area contributed by atoms with E-state index in [1.165, 1.54) is 6.20 Å². The molecule has 0 fully saturated rings. The molecule has 156 valence electrons. The molecule has 4 heterocycles. The fourth-order valence-electron chi connectivity index (χ4n) is 4.05. The normalized spacial score (nSPS) is 11.5. The summed E-state index contributed by atoms with van der Waals surface area (Å²) in [5.74, 6) is 0.869. The van der Waals surface area contributed by atoms with E-state index in [9.17, 15) is 4.79 Å². The molecular formula is C23H18N8O. The Morgan fingerprint density at radius 1 is 1.12 bits per heavy atom. The number of hydrogen-bond donors (Lipinski definition) is 2. The number of nitrogen functional groups attached to an aromatic ring is 1. The summed E-state index contributed by atoms with van der Waals surface area (Å²) in [4.78, 5) is 25.4. The molecule has 4 aromatic heterocycles. The number of carbonyl (C=O) groups is 1. The molecule has 6 rings (SSSR count). The van der Waals surface area contributed by atoms with Crippen LogP contribution in [-0.2, 0) is 0 Å². The molecule has 0 atom stereocenters. The van der Waals surface area contributed by atoms with Crippen LogP contribution < -0.4 is 5.73 Å². The number of nitrogens with zero attached hydrogens (tertiary/aromatic N) is 6. The van der Waals surface area contributed by atoms with Gasteiger partial charge in [0.1, 0.15) is 23.7 Å². The van der Waals surface area contributed by atoms with Gasteiger partial charge in [0.25, 0.3) is 0 Å². The predicted octanol–water partition coefficient (Wildman–Crippen LogP) is 3.33. The summed E-state index contributed by atoms with van der Waals surface area (Å²) in [7, 11) is 0. The number of imidazole rings is 2. The van der Waals surface area contributed by atoms with Gasteiger partial charge in [0.2, 0.25) is 5.78 Å². The maximum absolute atomic E-state index is 13.6. The predicted molar refractivity (Wildman–Crippen MR) is 121 cm³/mol. The molecule has 0 spiro atoms. The summed E-state index contributed by atoms with van der Waals surface area (Å²) in [6, 6.07) is 15.3. The van der Waals surface area contributed by atoms with E-state index in [0.29, 0.717) is 11.3 Å². The van der Waals surface area contributed by atoms with E-state index < -0.39 is 0 Å². The minimum Gasteiger partial charge on any atom is -0.383 e. The van der Waals surface area contributed by atoms with Gasteiger partial charge in [-0.25, -0.2) is 24.0 Å². The zero-order valence-corrected chi connectivity index (χ0v) is 17.1. The molecule has 3 N–H and O–H groups in total. The number of fused-ring (bicyclic) bond motifs is 2. The fraction of sp³-hybridized carbons (Fsp3) is 0.0435. The molecule has 0 unspecified atom stereocenters. The number of rotatable bonds is 4. The Hall–Kier alpha value is -4.66. The van der Waals surface area contributed by atoms with Crippen molar-refractivity contribution in [3.05, 3.63) is 90.5 Å². The van der Waals surface area contributed by atoms with Gasteiger partial charge in [-0.2, -0.15) is 5.10 Å². The van der Waals surface area contributed by atoms with E-state index in [4.69, 9.17) is 5.73 Å². The van der Waals surface area contributed by atoms with Crippen molar-refractivity contribution >= 4 is 33.5 Å². The monoisotopic (exact) mass is 422 g/mol. The van der Waals surface area contributed by atoms with Gasteiger partial charge >= 0.3 is 0 Å². The number of aromatic nitrogens is 7. The highest BCUT2D eigenvalue weighted by Gasteiger charge is 2.23. The third kappa shape index (κ3) is 2.64. The largest absolute Gasteiger partial charge is 0.383 e. The standard InChI is InChI=1S/C23H18N8O/c1-14-27-18-7-6-16(11-19(18)28-14)30-23(24)17(12-26-30)22(32)21-10-15-4-2-3-5-20(15)31(21)29-9-8-25-13-29/h2-13H,24H2,1H3,(H,27,28). The summed E-state index contributed by atoms with van der Waals surface area (Å²) < 4.78 is 5.14. The van der Waals surface area contributed by atoms with Crippen LogP contribution in [-0.4, -0.2) is 39.9 Å². The minimum absolute atomic E-state index is 0.227. The van der Waals surface area contributed by atoms with Crippen molar-refractivity contribution in [3.63, 3.8) is 0 Å². The van der Waals surface area contributed by atoms with Gasteiger partial charge in [-0.15, -0.1) is 0 Å². The number of carbonyl (C=O) groups excluding carboxylic acids is 1. The maximum Gasteiger partial charge on any atom is 0.216 e. The average molecular weight is 422 g/mol. The number of anilines is 1. The molecule has 6 aromatic rings. The number of para-hydroxylation sites is 1. The molecule has 9 nitrogen and oxygen atoms in total. The van der Waals surface area contributed by atoms with Crippen LogP contribution in [0.15, 0.2) is 73.4 Å². The first-order valence-electron chi connectivity index (χ1n) is 10.0. The lowest BCUT2D eigenvalue weighted by Gasteiger charge is -2.10. The number of H-pyrrole nitrogens is 1. The molecule has 32 heavy (non-hydrogen) atoms. The van der Waals surface area contributed by atoms with E-state index in [1.807, 2.05) is 60.1 Å². The molecule has 9 heteroatoms. The SMILES string of the molecule is Cc1nc2cc(-n3ncc(C(=O)c4cc5ccccc5n4-n4ccnc4)c3N)ccc2[nH]1. The second kappa shape index (κ2) is 6.67. The zero-order valence-electron chi connectivity index (χ0n) is 17.1. The third-order valence-corrected chi connectivity index (χ3v) is 5.52. The highest BCUT2D eigenvalue weighted by molar-refractivity contribution is 6.13. The van der Waals surface area contributed by atoms with Crippen molar-refractivity contribution in [1.82, 2.24) is 34.1 Å². The number of benzene rings is 2. The molecule has 0 aliphatic rings. The van der Waals surface area contributed by atoms with Crippen LogP contribution in [0.2, 0.25) is 0 Å². The van der Waals surface area contributed by atoms with E-state index in [1.54, 1.807) is 28.1 Å². The van der Waals surface area contributed by atoms with Crippen LogP contribution in [0.3, 0.4) is 0 Å². The fourth-order valence-corrected chi connectivity index (χ4v) is 4.05. The van der Waals surface area contributed by atoms with Crippen molar-refractivity contribution in [2.75, 3.05) is 5.73 Å². The van der Waals surface area contributed by atoms with Crippen LogP contribution in [0, 0.1) is 6.92 Å². The molecule has 0 bridgehead atoms. The van der Waals surface area contributed by atoms with Crippen LogP contribution in [0.5, 0.6) is 0 Å². The average Bonchev–Trinajstić information content (AvgIpc) is 3.57. The van der Waals surface area contributed by atoms with Gasteiger partial charge in [-0.05, 0) is 37.3 Å². The van der Waals surface area contributed by atoms with E-state index in [-0.39, 0.29) is 11.6 Å². The third-order valence-electron chi connectivity index (χ3n) is 5.52. The highest BCUT2D eigenvalue weighted by atomic mass is 16.1. The number of ketones is 1. The lowest BCUT2D eigenvalue weighted by molar-refractivity contribution is 0.103. The molecule has 0 amide bonds. The molecule has 2 aromatic carbocycles. The first kappa shape index (κ1) is 18.1. The van der Waals surface area contributed by atoms with Gasteiger partial charge in [-0.3, -0.25) is 4.79 Å². The van der Waals surface area contributed by atoms with E-state index in [2.05, 4.69) is 20.1 Å². The summed E-state index contributed by atoms with van der Waals surface area (Å²) in [5.41, 5.74) is 10.6. The Labute approximate surface area is 181 Å². The number of nitrogens with one attached hydrogen (secondary N) is 1. The molecule has 0 aliphatic carbocycles. The Kier molecular flexibility index (Phi) is 3.78. The molecule has 0 aliphatic heterocycles. The topological polar surface area (TPSA) is 112 Å². The minimum atomic E-state index is -0.227. The quantitative estimate of drug-likeness (QED) is 0.423. The van der Waals surface area contributed by atoms with Crippen molar-refractivity contribution in [2.24, 2.45) is 0 Å². The Bertz CT molecular complexity index is 1620. The van der Waals surface area contributed by atoms with Gasteiger partial charge in [-0.1, -0.05) is 18.2 Å². The molecule has 0 saturated carbocycles. The van der Waals surface area contributed by atoms with Crippen LogP contribution in [0.1, 0.15) is 21.9 Å². The summed E-state index contributed by atoms with van der Waals surface area (Å²) in [6.07, 6.45) is 6.62. The van der Waals surface area contributed by atoms with Crippen molar-refractivity contribution < 1.29 is 4.79 Å². The first-order valence-corrected chi connectivity index (χ1v) is 10.0. The van der Waals surface area contributed by atoms with Gasteiger partial charge < -0.3 is 10.7 Å². The highest BCUT2D eigenvalue weighted by Crippen LogP contribution is 2.26. The summed E-state index contributed by atoms with van der Waals surface area (Å²) in [6.45, 7) is 1.90. The van der Waals surface area contributed by atoms with Gasteiger partial charge in [0.15, 0.2) is 0 Å². The van der Waals surface area contributed by atoms with E-state index >= 15 is 0 Å². The Morgan fingerprint density at radius 2 is 2.00 bits per heavy atom. The second-order valence-corrected chi connectivity index (χ2v) is 7.55. The smallest absolute Gasteiger partial charge is 0.216 e. The van der Waals surface area contributed by atoms with Crippen molar-refractivity contribution in [3.8, 4) is 5.69 Å². The number of hydrogen-bond acceptors (Lipinski definition) is 5. The van der Waals surface area contributed by atoms with Crippen LogP contribution in [0.4, 0.5) is 5.82 Å². The lowest BCUT2D eigenvalue weighted by atomic mass is 10.1. The molecule has 0 radical (unpaired) electrons. The Balaban J connectivity index is 1.47. The van der Waals surface area contributed by atoms with Gasteiger partial charge in [0.05, 0.1) is 34.0 Å². The lowest BCUT2D eigenvalue weighted by Crippen LogP contribution is -2.16. The van der Waals surface area contributed by atoms with E-state index in [0.717, 1.165) is 33.4 Å². The van der Waals surface area contributed by atoms with Crippen molar-refractivity contribution in [2.45, 2.75) is 6.92 Å².